The normalized spacial score (nSPS) is 20.0. The summed E-state index contributed by atoms with van der Waals surface area (Å²) in [7, 11) is 0. The Balaban J connectivity index is 2.19. The quantitative estimate of drug-likeness (QED) is 0.327. The summed E-state index contributed by atoms with van der Waals surface area (Å²) >= 11 is 0. The van der Waals surface area contributed by atoms with E-state index in [-0.39, 0.29) is 0 Å². The molecule has 0 unspecified atom stereocenters. The molecule has 1 heterocycles. The Morgan fingerprint density at radius 3 is 2.60 bits per heavy atom. The summed E-state index contributed by atoms with van der Waals surface area (Å²) in [5.41, 5.74) is 8.03. The number of azide groups is 1. The van der Waals surface area contributed by atoms with Gasteiger partial charge in [0.2, 0.25) is 0 Å². The van der Waals surface area contributed by atoms with Crippen LogP contribution >= 0.6 is 0 Å². The molecule has 1 fully saturated rings. The smallest absolute Gasteiger partial charge is 0.0774 e. The van der Waals surface area contributed by atoms with Gasteiger partial charge in [-0.1, -0.05) is 11.5 Å². The van der Waals surface area contributed by atoms with Gasteiger partial charge in [-0.25, -0.2) is 0 Å². The van der Waals surface area contributed by atoms with E-state index in [1.165, 1.54) is 19.3 Å². The van der Waals surface area contributed by atoms with Crippen molar-refractivity contribution >= 4 is 0 Å². The van der Waals surface area contributed by atoms with Gasteiger partial charge in [0.1, 0.15) is 0 Å². The molecule has 1 rings (SSSR count). The zero-order valence-corrected chi connectivity index (χ0v) is 6.03. The lowest BCUT2D eigenvalue weighted by atomic mass is 10.1. The first-order valence-electron chi connectivity index (χ1n) is 3.66. The molecule has 0 atom stereocenters. The minimum absolute atomic E-state index is 0.552. The summed E-state index contributed by atoms with van der Waals surface area (Å²) in [5, 5.41) is 3.50. The maximum Gasteiger partial charge on any atom is 0.0774 e. The lowest BCUT2D eigenvalue weighted by molar-refractivity contribution is 0.235. The van der Waals surface area contributed by atoms with E-state index in [4.69, 9.17) is 5.53 Å². The summed E-state index contributed by atoms with van der Waals surface area (Å²) in [6.45, 7) is 2.74. The summed E-state index contributed by atoms with van der Waals surface area (Å²) in [4.78, 5) is 4.90. The highest BCUT2D eigenvalue weighted by Gasteiger charge is 2.07. The Kier molecular flexibility index (Phi) is 3.06. The Labute approximate surface area is 60.5 Å². The number of hydrogen-bond donors (Lipinski definition) is 0. The standard InChI is InChI=1S/C6H12N4/c7-9-8-6-10-4-2-1-3-5-10/h1-6H2. The molecule has 0 spiro atoms. The molecular weight excluding hydrogens is 128 g/mol. The second-order valence-corrected chi connectivity index (χ2v) is 2.55. The van der Waals surface area contributed by atoms with Crippen molar-refractivity contribution in [3.63, 3.8) is 0 Å². The summed E-state index contributed by atoms with van der Waals surface area (Å²) in [5.74, 6) is 0. The predicted octanol–water partition coefficient (Wildman–Crippen LogP) is 1.74. The van der Waals surface area contributed by atoms with Crippen molar-refractivity contribution < 1.29 is 0 Å². The van der Waals surface area contributed by atoms with Crippen LogP contribution in [0.1, 0.15) is 19.3 Å². The van der Waals surface area contributed by atoms with Gasteiger partial charge in [-0.2, -0.15) is 0 Å². The van der Waals surface area contributed by atoms with Crippen molar-refractivity contribution in [1.82, 2.24) is 4.90 Å². The molecular formula is C6H12N4. The number of likely N-dealkylation sites (tertiary alicyclic amines) is 1. The molecule has 10 heavy (non-hydrogen) atoms. The van der Waals surface area contributed by atoms with E-state index in [0.717, 1.165) is 13.1 Å². The molecule has 0 bridgehead atoms. The third-order valence-corrected chi connectivity index (χ3v) is 1.78. The van der Waals surface area contributed by atoms with Crippen LogP contribution in [0.15, 0.2) is 5.11 Å². The average molecular weight is 140 g/mol. The molecule has 0 radical (unpaired) electrons. The van der Waals surface area contributed by atoms with Crippen LogP contribution in [0, 0.1) is 0 Å². The first kappa shape index (κ1) is 7.38. The van der Waals surface area contributed by atoms with Crippen LogP contribution in [-0.4, -0.2) is 24.7 Å². The topological polar surface area (TPSA) is 52.0 Å². The molecule has 0 amide bonds. The summed E-state index contributed by atoms with van der Waals surface area (Å²) < 4.78 is 0. The second kappa shape index (κ2) is 4.14. The van der Waals surface area contributed by atoms with Crippen molar-refractivity contribution in [2.45, 2.75) is 19.3 Å². The zero-order valence-electron chi connectivity index (χ0n) is 6.03. The van der Waals surface area contributed by atoms with E-state index in [2.05, 4.69) is 14.9 Å². The molecule has 0 aromatic carbocycles. The number of nitrogens with zero attached hydrogens (tertiary/aromatic N) is 4. The molecule has 4 nitrogen and oxygen atoms in total. The SMILES string of the molecule is [N-]=[N+]=NCN1CCCCC1. The van der Waals surface area contributed by atoms with Gasteiger partial charge in [0.25, 0.3) is 0 Å². The number of hydrogen-bond acceptors (Lipinski definition) is 2. The van der Waals surface area contributed by atoms with Crippen molar-refractivity contribution in [2.24, 2.45) is 5.11 Å². The Bertz CT molecular complexity index is 133. The van der Waals surface area contributed by atoms with Gasteiger partial charge < -0.3 is 0 Å². The van der Waals surface area contributed by atoms with Crippen LogP contribution in [0.2, 0.25) is 0 Å². The lowest BCUT2D eigenvalue weighted by Gasteiger charge is -2.23. The minimum atomic E-state index is 0.552. The van der Waals surface area contributed by atoms with E-state index >= 15 is 0 Å². The molecule has 4 heteroatoms. The van der Waals surface area contributed by atoms with Crippen LogP contribution in [0.25, 0.3) is 10.4 Å². The molecule has 1 aliphatic rings. The summed E-state index contributed by atoms with van der Waals surface area (Å²) in [6.07, 6.45) is 3.83. The Hall–Kier alpha value is -0.730. The van der Waals surface area contributed by atoms with E-state index in [1.54, 1.807) is 0 Å². The van der Waals surface area contributed by atoms with Crippen molar-refractivity contribution in [2.75, 3.05) is 19.8 Å². The zero-order chi connectivity index (χ0) is 7.23. The molecule has 0 aliphatic carbocycles. The summed E-state index contributed by atoms with van der Waals surface area (Å²) in [6, 6.07) is 0. The van der Waals surface area contributed by atoms with E-state index in [1.807, 2.05) is 0 Å². The minimum Gasteiger partial charge on any atom is -0.298 e. The molecule has 1 aliphatic heterocycles. The highest BCUT2D eigenvalue weighted by Crippen LogP contribution is 2.07. The van der Waals surface area contributed by atoms with Crippen molar-refractivity contribution in [1.29, 1.82) is 0 Å². The molecule has 1 saturated heterocycles. The third-order valence-electron chi connectivity index (χ3n) is 1.78. The molecule has 0 aromatic heterocycles. The third kappa shape index (κ3) is 2.25. The number of piperidine rings is 1. The maximum atomic E-state index is 8.03. The van der Waals surface area contributed by atoms with Gasteiger partial charge in [-0.3, -0.25) is 4.90 Å². The van der Waals surface area contributed by atoms with E-state index < -0.39 is 0 Å². The number of rotatable bonds is 2. The van der Waals surface area contributed by atoms with Gasteiger partial charge in [-0.05, 0) is 31.5 Å². The molecule has 0 N–H and O–H groups in total. The van der Waals surface area contributed by atoms with E-state index in [9.17, 15) is 0 Å². The Morgan fingerprint density at radius 1 is 1.30 bits per heavy atom. The highest BCUT2D eigenvalue weighted by atomic mass is 15.3. The second-order valence-electron chi connectivity index (χ2n) is 2.55. The maximum absolute atomic E-state index is 8.03. The van der Waals surface area contributed by atoms with Crippen LogP contribution in [0.4, 0.5) is 0 Å². The molecule has 56 valence electrons. The van der Waals surface area contributed by atoms with Crippen LogP contribution in [0.3, 0.4) is 0 Å². The van der Waals surface area contributed by atoms with E-state index in [0.29, 0.717) is 6.67 Å². The first-order valence-corrected chi connectivity index (χ1v) is 3.66. The highest BCUT2D eigenvalue weighted by molar-refractivity contribution is 4.62. The monoisotopic (exact) mass is 140 g/mol. The lowest BCUT2D eigenvalue weighted by Crippen LogP contribution is -2.29. The fourth-order valence-electron chi connectivity index (χ4n) is 1.22. The molecule has 0 saturated carbocycles. The fraction of sp³-hybridized carbons (Fsp3) is 1.00. The first-order chi connectivity index (χ1) is 4.93. The largest absolute Gasteiger partial charge is 0.298 e. The van der Waals surface area contributed by atoms with Gasteiger partial charge >= 0.3 is 0 Å². The van der Waals surface area contributed by atoms with Crippen molar-refractivity contribution in [3.05, 3.63) is 10.4 Å². The van der Waals surface area contributed by atoms with Crippen LogP contribution < -0.4 is 0 Å². The average Bonchev–Trinajstić information content (AvgIpc) is 2.03. The molecule has 0 aromatic rings. The van der Waals surface area contributed by atoms with Gasteiger partial charge in [0.05, 0.1) is 6.67 Å². The fourth-order valence-corrected chi connectivity index (χ4v) is 1.22. The van der Waals surface area contributed by atoms with Crippen molar-refractivity contribution in [3.8, 4) is 0 Å². The van der Waals surface area contributed by atoms with Gasteiger partial charge in [-0.15, -0.1) is 0 Å². The Morgan fingerprint density at radius 2 is 2.00 bits per heavy atom. The van der Waals surface area contributed by atoms with Gasteiger partial charge in [0, 0.05) is 4.91 Å². The van der Waals surface area contributed by atoms with Gasteiger partial charge in [0.15, 0.2) is 0 Å². The van der Waals surface area contributed by atoms with Crippen LogP contribution in [0.5, 0.6) is 0 Å². The van der Waals surface area contributed by atoms with Crippen LogP contribution in [-0.2, 0) is 0 Å². The predicted molar refractivity (Wildman–Crippen MR) is 39.4 cm³/mol.